The van der Waals surface area contributed by atoms with E-state index in [1.54, 1.807) is 6.07 Å². The van der Waals surface area contributed by atoms with Gasteiger partial charge in [-0.15, -0.1) is 0 Å². The summed E-state index contributed by atoms with van der Waals surface area (Å²) in [6.45, 7) is 4.70. The number of hydrogen-bond acceptors (Lipinski definition) is 10. The lowest BCUT2D eigenvalue weighted by molar-refractivity contribution is -0.115. The Hall–Kier alpha value is -3.92. The number of nitrogens with one attached hydrogen (secondary N) is 3. The number of benzene rings is 1. The molecule has 12 nitrogen and oxygen atoms in total. The zero-order valence-corrected chi connectivity index (χ0v) is 19.2. The van der Waals surface area contributed by atoms with Crippen LogP contribution >= 0.6 is 0 Å². The minimum Gasteiger partial charge on any atom is -0.380 e. The van der Waals surface area contributed by atoms with E-state index in [9.17, 15) is 18.0 Å². The fourth-order valence-corrected chi connectivity index (χ4v) is 3.04. The van der Waals surface area contributed by atoms with Gasteiger partial charge in [0, 0.05) is 18.4 Å². The summed E-state index contributed by atoms with van der Waals surface area (Å²) in [7, 11) is -3.87. The molecule has 13 heteroatoms. The number of carbonyl (C=O) groups is 2. The lowest BCUT2D eigenvalue weighted by Crippen LogP contribution is -2.18. The lowest BCUT2D eigenvalue weighted by Gasteiger charge is -2.14. The van der Waals surface area contributed by atoms with E-state index in [1.165, 1.54) is 24.4 Å². The molecule has 1 aromatic heterocycles. The van der Waals surface area contributed by atoms with Gasteiger partial charge in [0.15, 0.2) is 5.75 Å². The quantitative estimate of drug-likeness (QED) is 0.349. The van der Waals surface area contributed by atoms with Gasteiger partial charge in [0.2, 0.25) is 11.9 Å². The predicted octanol–water partition coefficient (Wildman–Crippen LogP) is 1.97. The largest absolute Gasteiger partial charge is 0.380 e. The molecule has 2 rings (SSSR count). The molecular weight excluding hydrogens is 450 g/mol. The third kappa shape index (κ3) is 8.26. The number of nitrogens with two attached hydrogens (primary N) is 1. The fraction of sp³-hybridized carbons (Fsp3) is 0.350. The van der Waals surface area contributed by atoms with Gasteiger partial charge in [-0.25, -0.2) is 4.98 Å². The van der Waals surface area contributed by atoms with Crippen molar-refractivity contribution >= 4 is 45.1 Å². The summed E-state index contributed by atoms with van der Waals surface area (Å²) in [6.07, 6.45) is 2.56. The van der Waals surface area contributed by atoms with Gasteiger partial charge in [-0.3, -0.25) is 9.59 Å². The number of primary amides is 1. The van der Waals surface area contributed by atoms with Crippen LogP contribution in [0.5, 0.6) is 5.75 Å². The highest BCUT2D eigenvalue weighted by molar-refractivity contribution is 7.86. The highest BCUT2D eigenvalue weighted by Crippen LogP contribution is 2.30. The van der Waals surface area contributed by atoms with E-state index < -0.39 is 28.4 Å². The van der Waals surface area contributed by atoms with Crippen LogP contribution in [-0.2, 0) is 14.9 Å². The van der Waals surface area contributed by atoms with Crippen LogP contribution in [0.15, 0.2) is 24.4 Å². The molecule has 2 aromatic rings. The van der Waals surface area contributed by atoms with E-state index in [4.69, 9.17) is 15.2 Å². The zero-order valence-electron chi connectivity index (χ0n) is 18.4. The van der Waals surface area contributed by atoms with Gasteiger partial charge in [0.1, 0.15) is 12.2 Å². The maximum atomic E-state index is 11.9. The van der Waals surface area contributed by atoms with Crippen molar-refractivity contribution in [3.63, 3.8) is 0 Å². The number of aromatic nitrogens is 2. The zero-order chi connectivity index (χ0) is 24.6. The van der Waals surface area contributed by atoms with Crippen molar-refractivity contribution in [1.29, 1.82) is 5.26 Å². The van der Waals surface area contributed by atoms with Crippen LogP contribution in [0.4, 0.5) is 23.1 Å². The molecule has 1 aromatic carbocycles. The smallest absolute Gasteiger partial charge is 0.306 e. The average Bonchev–Trinajstić information content (AvgIpc) is 2.69. The number of anilines is 4. The second kappa shape index (κ2) is 11.1. The van der Waals surface area contributed by atoms with E-state index in [1.807, 2.05) is 0 Å². The summed E-state index contributed by atoms with van der Waals surface area (Å²) in [4.78, 5) is 31.9. The van der Waals surface area contributed by atoms with Gasteiger partial charge in [-0.05, 0) is 30.5 Å². The van der Waals surface area contributed by atoms with Crippen LogP contribution in [0.2, 0.25) is 0 Å². The Morgan fingerprint density at radius 2 is 2.03 bits per heavy atom. The van der Waals surface area contributed by atoms with Gasteiger partial charge >= 0.3 is 10.1 Å². The summed E-state index contributed by atoms with van der Waals surface area (Å²) >= 11 is 0. The normalized spacial score (nSPS) is 10.9. The van der Waals surface area contributed by atoms with Crippen molar-refractivity contribution < 1.29 is 22.2 Å². The van der Waals surface area contributed by atoms with Gasteiger partial charge in [-0.1, -0.05) is 13.8 Å². The number of carbonyl (C=O) groups excluding carboxylic acids is 2. The molecule has 0 aliphatic heterocycles. The minimum atomic E-state index is -3.87. The molecule has 176 valence electrons. The molecule has 0 spiro atoms. The maximum absolute atomic E-state index is 11.9. The first kappa shape index (κ1) is 25.3. The van der Waals surface area contributed by atoms with Crippen LogP contribution in [0.1, 0.15) is 37.0 Å². The molecule has 0 aliphatic carbocycles. The molecule has 5 N–H and O–H groups in total. The van der Waals surface area contributed by atoms with Crippen LogP contribution in [0.3, 0.4) is 0 Å². The van der Waals surface area contributed by atoms with Crippen molar-refractivity contribution in [2.45, 2.75) is 26.7 Å². The summed E-state index contributed by atoms with van der Waals surface area (Å²) < 4.78 is 27.9. The van der Waals surface area contributed by atoms with Crippen molar-refractivity contribution in [2.75, 3.05) is 28.8 Å². The Morgan fingerprint density at radius 1 is 1.30 bits per heavy atom. The Labute approximate surface area is 191 Å². The summed E-state index contributed by atoms with van der Waals surface area (Å²) in [5.41, 5.74) is 5.93. The average molecular weight is 476 g/mol. The minimum absolute atomic E-state index is 0.0229. The van der Waals surface area contributed by atoms with E-state index in [0.717, 1.165) is 12.7 Å². The summed E-state index contributed by atoms with van der Waals surface area (Å²) in [5.74, 6) is -0.630. The molecule has 0 saturated heterocycles. The first-order valence-corrected chi connectivity index (χ1v) is 11.7. The number of hydrogen-bond donors (Lipinski definition) is 4. The number of rotatable bonds is 11. The summed E-state index contributed by atoms with van der Waals surface area (Å²) in [6, 6.07) is 5.91. The molecular formula is C20H25N7O5S. The van der Waals surface area contributed by atoms with E-state index >= 15 is 0 Å². The molecule has 0 unspecified atom stereocenters. The van der Waals surface area contributed by atoms with Crippen LogP contribution < -0.4 is 25.9 Å². The highest BCUT2D eigenvalue weighted by Gasteiger charge is 2.16. The van der Waals surface area contributed by atoms with Crippen LogP contribution in [0.25, 0.3) is 0 Å². The van der Waals surface area contributed by atoms with Crippen LogP contribution in [-0.4, -0.2) is 43.0 Å². The first-order valence-electron chi connectivity index (χ1n) is 9.86. The Balaban J connectivity index is 2.33. The van der Waals surface area contributed by atoms with Gasteiger partial charge in [0.25, 0.3) is 5.91 Å². The molecule has 0 fully saturated rings. The standard InChI is InChI=1S/C20H25N7O5S/c1-12(2)7-9-23-19-14(18(22)29)11-24-20(27-19)25-13-4-5-16(32-33(3,30)31)15(10-13)26-17(28)6-8-21/h4-5,10-12H,6-7,9H2,1-3H3,(H2,22,29)(H,26,28)(H2,23,24,25,27). The lowest BCUT2D eigenvalue weighted by atomic mass is 10.1. The van der Waals surface area contributed by atoms with Gasteiger partial charge in [-0.2, -0.15) is 18.7 Å². The van der Waals surface area contributed by atoms with Crippen molar-refractivity contribution in [2.24, 2.45) is 11.7 Å². The summed E-state index contributed by atoms with van der Waals surface area (Å²) in [5, 5.41) is 17.1. The van der Waals surface area contributed by atoms with Crippen LogP contribution in [0, 0.1) is 17.2 Å². The van der Waals surface area contributed by atoms with Crippen molar-refractivity contribution in [3.8, 4) is 11.8 Å². The van der Waals surface area contributed by atoms with Crippen molar-refractivity contribution in [3.05, 3.63) is 30.0 Å². The third-order valence-electron chi connectivity index (χ3n) is 4.06. The van der Waals surface area contributed by atoms with E-state index in [0.29, 0.717) is 18.2 Å². The Bertz CT molecular complexity index is 1180. The maximum Gasteiger partial charge on any atom is 0.306 e. The second-order valence-electron chi connectivity index (χ2n) is 7.44. The van der Waals surface area contributed by atoms with Gasteiger partial charge < -0.3 is 25.9 Å². The molecule has 1 heterocycles. The van der Waals surface area contributed by atoms with Crippen molar-refractivity contribution in [1.82, 2.24) is 9.97 Å². The molecule has 0 bridgehead atoms. The molecule has 33 heavy (non-hydrogen) atoms. The topological polar surface area (TPSA) is 189 Å². The molecule has 0 saturated carbocycles. The van der Waals surface area contributed by atoms with Gasteiger partial charge in [0.05, 0.1) is 23.6 Å². The fourth-order valence-electron chi connectivity index (χ4n) is 2.57. The SMILES string of the molecule is CC(C)CCNc1nc(Nc2ccc(OS(C)(=O)=O)c(NC(=O)CC#N)c2)ncc1C(N)=O. The number of nitrogens with zero attached hydrogens (tertiary/aromatic N) is 3. The number of nitriles is 1. The molecule has 0 atom stereocenters. The third-order valence-corrected chi connectivity index (χ3v) is 4.54. The molecule has 2 amide bonds. The molecule has 0 radical (unpaired) electrons. The molecule has 0 aliphatic rings. The Kier molecular flexibility index (Phi) is 8.52. The Morgan fingerprint density at radius 3 is 2.64 bits per heavy atom. The second-order valence-corrected chi connectivity index (χ2v) is 9.01. The first-order chi connectivity index (χ1) is 15.5. The highest BCUT2D eigenvalue weighted by atomic mass is 32.2. The van der Waals surface area contributed by atoms with E-state index in [-0.39, 0.29) is 28.8 Å². The van der Waals surface area contributed by atoms with E-state index in [2.05, 4.69) is 39.8 Å². The monoisotopic (exact) mass is 475 g/mol. The predicted molar refractivity (Wildman–Crippen MR) is 123 cm³/mol. The number of amides is 2.